The van der Waals surface area contributed by atoms with Crippen molar-refractivity contribution in [3.8, 4) is 0 Å². The summed E-state index contributed by atoms with van der Waals surface area (Å²) in [5.74, 6) is -1.58. The number of carbonyl (C=O) groups excluding carboxylic acids is 3. The first-order valence-electron chi connectivity index (χ1n) is 37.2. The van der Waals surface area contributed by atoms with Crippen LogP contribution in [0.1, 0.15) is 329 Å². The van der Waals surface area contributed by atoms with Crippen LogP contribution >= 0.6 is 15.6 Å². The molecule has 93 heavy (non-hydrogen) atoms. The summed E-state index contributed by atoms with van der Waals surface area (Å²) in [5.41, 5.74) is 0. The number of rotatable bonds is 71. The van der Waals surface area contributed by atoms with Gasteiger partial charge in [-0.05, 0) is 116 Å². The van der Waals surface area contributed by atoms with E-state index in [1.165, 1.54) is 148 Å². The second-order valence-electron chi connectivity index (χ2n) is 25.1. The number of esters is 3. The number of aliphatic hydroxyl groups excluding tert-OH is 2. The van der Waals surface area contributed by atoms with Gasteiger partial charge in [0.2, 0.25) is 0 Å². The molecule has 0 radical (unpaired) electrons. The Morgan fingerprint density at radius 3 is 0.892 bits per heavy atom. The Kier molecular flexibility index (Phi) is 66.7. The zero-order chi connectivity index (χ0) is 68.1. The van der Waals surface area contributed by atoms with Gasteiger partial charge in [-0.15, -0.1) is 0 Å². The van der Waals surface area contributed by atoms with E-state index in [9.17, 15) is 43.5 Å². The molecule has 0 saturated carbocycles. The number of carbonyl (C=O) groups is 3. The maximum absolute atomic E-state index is 12.9. The van der Waals surface area contributed by atoms with Crippen LogP contribution in [-0.2, 0) is 55.8 Å². The van der Waals surface area contributed by atoms with Crippen molar-refractivity contribution in [2.24, 2.45) is 0 Å². The zero-order valence-corrected chi connectivity index (χ0v) is 60.7. The van der Waals surface area contributed by atoms with Crippen molar-refractivity contribution >= 4 is 33.6 Å². The lowest BCUT2D eigenvalue weighted by Crippen LogP contribution is -2.30. The number of ether oxygens (including phenoxy) is 3. The molecule has 542 valence electrons. The highest BCUT2D eigenvalue weighted by Crippen LogP contribution is 2.45. The van der Waals surface area contributed by atoms with Crippen molar-refractivity contribution in [1.82, 2.24) is 0 Å². The Hall–Kier alpha value is -3.01. The smallest absolute Gasteiger partial charge is 0.463 e. The van der Waals surface area contributed by atoms with Crippen molar-refractivity contribution in [2.45, 2.75) is 347 Å². The molecule has 0 aromatic rings. The van der Waals surface area contributed by atoms with Crippen molar-refractivity contribution < 1.29 is 75.8 Å². The lowest BCUT2D eigenvalue weighted by molar-refractivity contribution is -0.161. The summed E-state index contributed by atoms with van der Waals surface area (Å²) in [6, 6.07) is 0. The molecule has 0 heterocycles. The molecule has 0 amide bonds. The van der Waals surface area contributed by atoms with Gasteiger partial charge >= 0.3 is 33.6 Å². The first-order valence-corrected chi connectivity index (χ1v) is 40.2. The van der Waals surface area contributed by atoms with Crippen LogP contribution in [0, 0.1) is 0 Å². The highest BCUT2D eigenvalue weighted by molar-refractivity contribution is 7.47. The van der Waals surface area contributed by atoms with E-state index in [0.717, 1.165) is 122 Å². The van der Waals surface area contributed by atoms with E-state index in [1.54, 1.807) is 0 Å². The van der Waals surface area contributed by atoms with E-state index in [0.29, 0.717) is 19.3 Å². The SMILES string of the molecule is CCCCC/C=C\C/C=C\C/C=C\C/C=C\CCCCCCCCCCCCCCCC(=O)OCC(O)COP(=O)(O)OCC(O)COP(=O)(O)OCC(COC(=O)CCCCCCC/C=C\CCCCCCCC)OC(=O)CCCCCCC/C=C\CCCCCC. The molecule has 0 saturated heterocycles. The largest absolute Gasteiger partial charge is 0.472 e. The first-order chi connectivity index (χ1) is 45.2. The highest BCUT2D eigenvalue weighted by Gasteiger charge is 2.29. The van der Waals surface area contributed by atoms with Crippen LogP contribution in [0.15, 0.2) is 72.9 Å². The van der Waals surface area contributed by atoms with Gasteiger partial charge in [0, 0.05) is 19.3 Å². The minimum Gasteiger partial charge on any atom is -0.463 e. The van der Waals surface area contributed by atoms with Gasteiger partial charge in [0.25, 0.3) is 0 Å². The molecule has 4 N–H and O–H groups in total. The fourth-order valence-electron chi connectivity index (χ4n) is 10.1. The predicted octanol–water partition coefficient (Wildman–Crippen LogP) is 21.1. The average Bonchev–Trinajstić information content (AvgIpc) is 2.91. The molecule has 0 rings (SSSR count). The number of hydrogen-bond donors (Lipinski definition) is 4. The van der Waals surface area contributed by atoms with Crippen molar-refractivity contribution in [3.63, 3.8) is 0 Å². The molecule has 0 fully saturated rings. The summed E-state index contributed by atoms with van der Waals surface area (Å²) in [6.45, 7) is 2.64. The van der Waals surface area contributed by atoms with Gasteiger partial charge < -0.3 is 34.2 Å². The van der Waals surface area contributed by atoms with E-state index >= 15 is 0 Å². The quantitative estimate of drug-likeness (QED) is 0.0146. The summed E-state index contributed by atoms with van der Waals surface area (Å²) < 4.78 is 60.9. The van der Waals surface area contributed by atoms with E-state index in [1.807, 2.05) is 0 Å². The highest BCUT2D eigenvalue weighted by atomic mass is 31.2. The van der Waals surface area contributed by atoms with E-state index in [4.69, 9.17) is 32.3 Å². The second kappa shape index (κ2) is 68.9. The average molecular weight is 1360 g/mol. The van der Waals surface area contributed by atoms with Crippen molar-refractivity contribution in [2.75, 3.05) is 39.6 Å². The lowest BCUT2D eigenvalue weighted by Gasteiger charge is -2.21. The van der Waals surface area contributed by atoms with Gasteiger partial charge in [0.1, 0.15) is 25.4 Å². The summed E-state index contributed by atoms with van der Waals surface area (Å²) >= 11 is 0. The topological polar surface area (TPSA) is 231 Å². The fraction of sp³-hybridized carbons (Fsp3) is 0.800. The molecule has 0 aromatic heterocycles. The monoisotopic (exact) mass is 1350 g/mol. The molecule has 0 aromatic carbocycles. The number of unbranched alkanes of at least 4 members (excludes halogenated alkanes) is 36. The van der Waals surface area contributed by atoms with Gasteiger partial charge in [-0.1, -0.05) is 267 Å². The van der Waals surface area contributed by atoms with Crippen LogP contribution in [0.2, 0.25) is 0 Å². The molecule has 5 atom stereocenters. The maximum atomic E-state index is 12.9. The van der Waals surface area contributed by atoms with Gasteiger partial charge in [-0.25, -0.2) is 9.13 Å². The third kappa shape index (κ3) is 70.1. The van der Waals surface area contributed by atoms with Crippen LogP contribution < -0.4 is 0 Å². The Labute approximate surface area is 566 Å². The van der Waals surface area contributed by atoms with Crippen molar-refractivity contribution in [1.29, 1.82) is 0 Å². The van der Waals surface area contributed by atoms with Gasteiger partial charge in [-0.2, -0.15) is 0 Å². The Bertz CT molecular complexity index is 1990. The Balaban J connectivity index is 4.43. The normalized spacial score (nSPS) is 14.5. The number of allylic oxidation sites excluding steroid dienone is 12. The fourth-order valence-corrected chi connectivity index (χ4v) is 11.7. The molecule has 0 spiro atoms. The molecule has 0 aliphatic rings. The third-order valence-corrected chi connectivity index (χ3v) is 17.8. The number of phosphoric acid groups is 2. The Morgan fingerprint density at radius 1 is 0.301 bits per heavy atom. The van der Waals surface area contributed by atoms with Gasteiger partial charge in [0.15, 0.2) is 6.10 Å². The van der Waals surface area contributed by atoms with Crippen molar-refractivity contribution in [3.05, 3.63) is 72.9 Å². The molecule has 5 unspecified atom stereocenters. The summed E-state index contributed by atoms with van der Waals surface area (Å²) in [6.07, 6.45) is 73.9. The number of aliphatic hydroxyl groups is 2. The molecular formula is C75H136O16P2. The minimum absolute atomic E-state index is 0.0958. The molecule has 16 nitrogen and oxygen atoms in total. The van der Waals surface area contributed by atoms with Gasteiger partial charge in [0.05, 0.1) is 26.4 Å². The zero-order valence-electron chi connectivity index (χ0n) is 58.9. The first kappa shape index (κ1) is 90.0. The van der Waals surface area contributed by atoms with Crippen LogP contribution in [-0.4, -0.2) is 95.9 Å². The molecular weight excluding hydrogens is 1220 g/mol. The molecule has 0 aliphatic carbocycles. The van der Waals surface area contributed by atoms with Crippen LogP contribution in [0.25, 0.3) is 0 Å². The van der Waals surface area contributed by atoms with E-state index in [2.05, 4.69) is 93.7 Å². The van der Waals surface area contributed by atoms with Crippen LogP contribution in [0.3, 0.4) is 0 Å². The van der Waals surface area contributed by atoms with Gasteiger partial charge in [-0.3, -0.25) is 32.5 Å². The second-order valence-corrected chi connectivity index (χ2v) is 28.0. The maximum Gasteiger partial charge on any atom is 0.472 e. The van der Waals surface area contributed by atoms with Crippen LogP contribution in [0.4, 0.5) is 0 Å². The molecule has 0 bridgehead atoms. The lowest BCUT2D eigenvalue weighted by atomic mass is 10.0. The standard InChI is InChI=1S/C75H136O16P2/c1-4-7-10-13-16-19-22-25-27-28-29-30-31-32-33-34-35-36-37-38-39-40-42-45-46-49-52-55-58-61-73(78)85-64-70(76)65-87-92(81,82)88-66-71(77)67-89-93(83,84)90-69-72(91-75(80)63-60-57-54-51-48-43-24-21-18-15-12-9-6-3)68-86-74(79)62-59-56-53-50-47-44-41-26-23-20-17-14-11-8-5-2/h16,19,21,24-27,29-30,32-33,41,70-72,76-77H,4-15,17-18,20,22-23,28,31,34-40,42-69H2,1-3H3,(H,81,82)(H,83,84)/b19-16-,24-21-,27-25-,30-29-,33-32-,41-26-. The number of hydrogen-bond acceptors (Lipinski definition) is 14. The Morgan fingerprint density at radius 2 is 0.538 bits per heavy atom. The molecule has 0 aliphatic heterocycles. The van der Waals surface area contributed by atoms with E-state index in [-0.39, 0.29) is 19.3 Å². The minimum atomic E-state index is -4.92. The summed E-state index contributed by atoms with van der Waals surface area (Å²) in [7, 11) is -9.77. The summed E-state index contributed by atoms with van der Waals surface area (Å²) in [5, 5.41) is 20.6. The summed E-state index contributed by atoms with van der Waals surface area (Å²) in [4.78, 5) is 58.4. The predicted molar refractivity (Wildman–Crippen MR) is 381 cm³/mol. The van der Waals surface area contributed by atoms with E-state index < -0.39 is 91.5 Å². The molecule has 18 heteroatoms. The number of phosphoric ester groups is 2. The third-order valence-electron chi connectivity index (χ3n) is 15.9. The van der Waals surface area contributed by atoms with Crippen LogP contribution in [0.5, 0.6) is 0 Å².